The molecule has 1 heterocycles. The van der Waals surface area contributed by atoms with Crippen LogP contribution in [-0.4, -0.2) is 0 Å². The molecule has 96 valence electrons. The summed E-state index contributed by atoms with van der Waals surface area (Å²) in [6.07, 6.45) is 1.66. The Hall–Kier alpha value is -1.13. The van der Waals surface area contributed by atoms with Crippen molar-refractivity contribution < 1.29 is 8.81 Å². The fourth-order valence-corrected chi connectivity index (χ4v) is 2.63. The van der Waals surface area contributed by atoms with Gasteiger partial charge in [-0.1, -0.05) is 22.0 Å². The van der Waals surface area contributed by atoms with Crippen molar-refractivity contribution in [1.29, 1.82) is 0 Å². The predicted molar refractivity (Wildman–Crippen MR) is 72.8 cm³/mol. The normalized spacial score (nSPS) is 14.4. The van der Waals surface area contributed by atoms with Crippen molar-refractivity contribution >= 4 is 15.9 Å². The highest BCUT2D eigenvalue weighted by atomic mass is 79.9. The SMILES string of the molecule is CC(N[C@H](C)c1ccco1)c1ccc(F)cc1Br. The molecule has 0 spiro atoms. The fourth-order valence-electron chi connectivity index (χ4n) is 1.94. The molecular formula is C14H15BrFNO. The molecule has 0 aliphatic carbocycles. The van der Waals surface area contributed by atoms with E-state index in [4.69, 9.17) is 4.42 Å². The quantitative estimate of drug-likeness (QED) is 0.893. The Balaban J connectivity index is 2.10. The number of benzene rings is 1. The van der Waals surface area contributed by atoms with Crippen LogP contribution in [0, 0.1) is 5.82 Å². The molecule has 0 fully saturated rings. The fraction of sp³-hybridized carbons (Fsp3) is 0.286. The Morgan fingerprint density at radius 1 is 1.22 bits per heavy atom. The molecule has 18 heavy (non-hydrogen) atoms. The monoisotopic (exact) mass is 311 g/mol. The summed E-state index contributed by atoms with van der Waals surface area (Å²) in [6, 6.07) is 8.73. The molecule has 0 radical (unpaired) electrons. The second-order valence-electron chi connectivity index (χ2n) is 4.29. The number of hydrogen-bond donors (Lipinski definition) is 1. The first-order valence-corrected chi connectivity index (χ1v) is 6.61. The Labute approximate surface area is 114 Å². The van der Waals surface area contributed by atoms with Gasteiger partial charge in [-0.2, -0.15) is 0 Å². The largest absolute Gasteiger partial charge is 0.468 e. The van der Waals surface area contributed by atoms with Crippen molar-refractivity contribution in [2.45, 2.75) is 25.9 Å². The maximum absolute atomic E-state index is 13.0. The lowest BCUT2D eigenvalue weighted by Crippen LogP contribution is -2.22. The zero-order valence-electron chi connectivity index (χ0n) is 10.3. The van der Waals surface area contributed by atoms with Gasteiger partial charge in [0.2, 0.25) is 0 Å². The topological polar surface area (TPSA) is 25.2 Å². The van der Waals surface area contributed by atoms with Gasteiger partial charge in [-0.3, -0.25) is 0 Å². The van der Waals surface area contributed by atoms with E-state index in [-0.39, 0.29) is 17.9 Å². The number of nitrogens with one attached hydrogen (secondary N) is 1. The molecule has 2 aromatic rings. The minimum Gasteiger partial charge on any atom is -0.468 e. The van der Waals surface area contributed by atoms with E-state index >= 15 is 0 Å². The van der Waals surface area contributed by atoms with Crippen molar-refractivity contribution in [3.8, 4) is 0 Å². The highest BCUT2D eigenvalue weighted by Gasteiger charge is 2.15. The molecule has 2 nitrogen and oxygen atoms in total. The number of rotatable bonds is 4. The molecule has 1 aromatic carbocycles. The summed E-state index contributed by atoms with van der Waals surface area (Å²) < 4.78 is 19.2. The molecule has 0 aliphatic rings. The van der Waals surface area contributed by atoms with E-state index in [1.807, 2.05) is 26.0 Å². The van der Waals surface area contributed by atoms with E-state index in [0.717, 1.165) is 15.8 Å². The second-order valence-corrected chi connectivity index (χ2v) is 5.15. The van der Waals surface area contributed by atoms with Gasteiger partial charge in [-0.05, 0) is 43.7 Å². The third-order valence-electron chi connectivity index (χ3n) is 2.90. The van der Waals surface area contributed by atoms with Crippen molar-refractivity contribution in [3.63, 3.8) is 0 Å². The minimum absolute atomic E-state index is 0.0973. The van der Waals surface area contributed by atoms with E-state index in [1.54, 1.807) is 12.3 Å². The van der Waals surface area contributed by atoms with Crippen LogP contribution in [0.1, 0.15) is 37.3 Å². The molecule has 2 atom stereocenters. The van der Waals surface area contributed by atoms with Gasteiger partial charge in [0.15, 0.2) is 0 Å². The first-order valence-electron chi connectivity index (χ1n) is 5.82. The average Bonchev–Trinajstić information content (AvgIpc) is 2.81. The van der Waals surface area contributed by atoms with Crippen molar-refractivity contribution in [1.82, 2.24) is 5.32 Å². The Kier molecular flexibility index (Phi) is 4.19. The van der Waals surface area contributed by atoms with Crippen LogP contribution in [-0.2, 0) is 0 Å². The maximum atomic E-state index is 13.0. The Morgan fingerprint density at radius 2 is 2.00 bits per heavy atom. The first-order chi connectivity index (χ1) is 8.58. The molecule has 1 N–H and O–H groups in total. The first kappa shape index (κ1) is 13.3. The van der Waals surface area contributed by atoms with E-state index in [0.29, 0.717) is 0 Å². The van der Waals surface area contributed by atoms with Crippen LogP contribution >= 0.6 is 15.9 Å². The average molecular weight is 312 g/mol. The van der Waals surface area contributed by atoms with Gasteiger partial charge in [0, 0.05) is 10.5 Å². The lowest BCUT2D eigenvalue weighted by molar-refractivity contribution is 0.402. The zero-order valence-corrected chi connectivity index (χ0v) is 11.9. The summed E-state index contributed by atoms with van der Waals surface area (Å²) in [7, 11) is 0. The van der Waals surface area contributed by atoms with Gasteiger partial charge in [0.25, 0.3) is 0 Å². The highest BCUT2D eigenvalue weighted by molar-refractivity contribution is 9.10. The van der Waals surface area contributed by atoms with Crippen LogP contribution < -0.4 is 5.32 Å². The van der Waals surface area contributed by atoms with E-state index in [9.17, 15) is 4.39 Å². The van der Waals surface area contributed by atoms with Crippen LogP contribution in [0.25, 0.3) is 0 Å². The number of halogens is 2. The summed E-state index contributed by atoms with van der Waals surface area (Å²) in [5, 5.41) is 3.41. The van der Waals surface area contributed by atoms with Gasteiger partial charge < -0.3 is 9.73 Å². The van der Waals surface area contributed by atoms with Crippen molar-refractivity contribution in [2.75, 3.05) is 0 Å². The lowest BCUT2D eigenvalue weighted by Gasteiger charge is -2.20. The van der Waals surface area contributed by atoms with Gasteiger partial charge in [-0.25, -0.2) is 4.39 Å². The van der Waals surface area contributed by atoms with Crippen LogP contribution in [0.15, 0.2) is 45.5 Å². The molecule has 1 aromatic heterocycles. The van der Waals surface area contributed by atoms with Crippen LogP contribution in [0.4, 0.5) is 4.39 Å². The molecular weight excluding hydrogens is 297 g/mol. The van der Waals surface area contributed by atoms with Crippen LogP contribution in [0.5, 0.6) is 0 Å². The van der Waals surface area contributed by atoms with Crippen LogP contribution in [0.2, 0.25) is 0 Å². The van der Waals surface area contributed by atoms with E-state index in [2.05, 4.69) is 21.2 Å². The summed E-state index contributed by atoms with van der Waals surface area (Å²) in [4.78, 5) is 0. The molecule has 0 saturated carbocycles. The molecule has 2 rings (SSSR count). The number of furan rings is 1. The van der Waals surface area contributed by atoms with Gasteiger partial charge >= 0.3 is 0 Å². The third-order valence-corrected chi connectivity index (χ3v) is 3.59. The minimum atomic E-state index is -0.239. The highest BCUT2D eigenvalue weighted by Crippen LogP contribution is 2.26. The second kappa shape index (κ2) is 5.67. The van der Waals surface area contributed by atoms with Crippen molar-refractivity contribution in [3.05, 3.63) is 58.2 Å². The molecule has 4 heteroatoms. The predicted octanol–water partition coefficient (Wildman–Crippen LogP) is 4.59. The maximum Gasteiger partial charge on any atom is 0.124 e. The summed E-state index contributed by atoms with van der Waals surface area (Å²) in [5.74, 6) is 0.650. The zero-order chi connectivity index (χ0) is 13.1. The van der Waals surface area contributed by atoms with E-state index in [1.165, 1.54) is 12.1 Å². The van der Waals surface area contributed by atoms with Gasteiger partial charge in [0.05, 0.1) is 12.3 Å². The van der Waals surface area contributed by atoms with Gasteiger partial charge in [0.1, 0.15) is 11.6 Å². The van der Waals surface area contributed by atoms with Crippen molar-refractivity contribution in [2.24, 2.45) is 0 Å². The summed E-state index contributed by atoms with van der Waals surface area (Å²) in [6.45, 7) is 4.07. The molecule has 0 amide bonds. The third kappa shape index (κ3) is 3.00. The van der Waals surface area contributed by atoms with Crippen LogP contribution in [0.3, 0.4) is 0 Å². The summed E-state index contributed by atoms with van der Waals surface area (Å²) >= 11 is 3.38. The molecule has 0 saturated heterocycles. The Bertz CT molecular complexity index is 513. The molecule has 0 bridgehead atoms. The molecule has 0 aliphatic heterocycles. The smallest absolute Gasteiger partial charge is 0.124 e. The Morgan fingerprint density at radius 3 is 2.61 bits per heavy atom. The lowest BCUT2D eigenvalue weighted by atomic mass is 10.1. The standard InChI is InChI=1S/C14H15BrFNO/c1-9(12-6-5-11(16)8-13(12)15)17-10(2)14-4-3-7-18-14/h3-10,17H,1-2H3/t9?,10-/m1/s1. The molecule has 1 unspecified atom stereocenters. The van der Waals surface area contributed by atoms with E-state index < -0.39 is 0 Å². The number of hydrogen-bond acceptors (Lipinski definition) is 2. The van der Waals surface area contributed by atoms with Gasteiger partial charge in [-0.15, -0.1) is 0 Å². The summed E-state index contributed by atoms with van der Waals surface area (Å²) in [5.41, 5.74) is 1.02.